The van der Waals surface area contributed by atoms with Gasteiger partial charge in [0.1, 0.15) is 13.2 Å². The van der Waals surface area contributed by atoms with Crippen LogP contribution in [-0.4, -0.2) is 19.1 Å². The van der Waals surface area contributed by atoms with E-state index in [-0.39, 0.29) is 12.3 Å². The molecule has 2 aromatic carbocycles. The molecule has 0 atom stereocenters. The number of carbonyl (C=O) groups is 1. The Morgan fingerprint density at radius 2 is 1.86 bits per heavy atom. The Bertz CT molecular complexity index is 721. The molecule has 0 aliphatic carbocycles. The molecule has 1 aliphatic rings. The van der Waals surface area contributed by atoms with E-state index in [2.05, 4.69) is 21.2 Å². The lowest BCUT2D eigenvalue weighted by Gasteiger charge is -2.20. The zero-order valence-corrected chi connectivity index (χ0v) is 13.9. The maximum absolute atomic E-state index is 12.2. The number of anilines is 1. The van der Waals surface area contributed by atoms with Crippen LogP contribution < -0.4 is 14.8 Å². The fraction of sp³-hybridized carbons (Fsp3) is 0.188. The maximum atomic E-state index is 12.2. The molecule has 0 unspecified atom stereocenters. The van der Waals surface area contributed by atoms with Crippen molar-refractivity contribution in [3.63, 3.8) is 0 Å². The van der Waals surface area contributed by atoms with E-state index in [0.29, 0.717) is 35.4 Å². The van der Waals surface area contributed by atoms with E-state index in [9.17, 15) is 4.79 Å². The van der Waals surface area contributed by atoms with Crippen molar-refractivity contribution in [1.29, 1.82) is 0 Å². The summed E-state index contributed by atoms with van der Waals surface area (Å²) in [5.41, 5.74) is 1.43. The molecule has 1 amide bonds. The highest BCUT2D eigenvalue weighted by Gasteiger charge is 2.16. The number of halogens is 2. The Morgan fingerprint density at radius 3 is 2.59 bits per heavy atom. The summed E-state index contributed by atoms with van der Waals surface area (Å²) >= 11 is 9.50. The van der Waals surface area contributed by atoms with Crippen LogP contribution in [0.5, 0.6) is 11.5 Å². The minimum atomic E-state index is -0.148. The van der Waals surface area contributed by atoms with Crippen molar-refractivity contribution in [2.24, 2.45) is 0 Å². The molecule has 6 heteroatoms. The molecule has 1 N–H and O–H groups in total. The van der Waals surface area contributed by atoms with Crippen molar-refractivity contribution in [2.75, 3.05) is 18.5 Å². The summed E-state index contributed by atoms with van der Waals surface area (Å²) in [5.74, 6) is 1.15. The highest BCUT2D eigenvalue weighted by Crippen LogP contribution is 2.38. The van der Waals surface area contributed by atoms with E-state index in [1.807, 2.05) is 18.2 Å². The first-order valence-electron chi connectivity index (χ1n) is 6.76. The number of ether oxygens (including phenoxy) is 2. The Balaban J connectivity index is 1.75. The second kappa shape index (κ2) is 6.58. The Hall–Kier alpha value is -1.72. The number of hydrogen-bond donors (Lipinski definition) is 1. The van der Waals surface area contributed by atoms with Crippen LogP contribution in [0, 0.1) is 0 Å². The third-order valence-electron chi connectivity index (χ3n) is 3.21. The zero-order chi connectivity index (χ0) is 15.5. The first-order valence-corrected chi connectivity index (χ1v) is 7.93. The lowest BCUT2D eigenvalue weighted by Crippen LogP contribution is -2.17. The Morgan fingerprint density at radius 1 is 1.18 bits per heavy atom. The molecule has 0 bridgehead atoms. The highest BCUT2D eigenvalue weighted by atomic mass is 79.9. The molecule has 1 heterocycles. The number of nitrogens with one attached hydrogen (secondary N) is 1. The van der Waals surface area contributed by atoms with E-state index in [1.165, 1.54) is 0 Å². The van der Waals surface area contributed by atoms with E-state index in [0.717, 1.165) is 10.0 Å². The summed E-state index contributed by atoms with van der Waals surface area (Å²) in [6.07, 6.45) is 0.209. The van der Waals surface area contributed by atoms with Crippen LogP contribution in [0.3, 0.4) is 0 Å². The van der Waals surface area contributed by atoms with Gasteiger partial charge >= 0.3 is 0 Å². The molecule has 0 saturated carbocycles. The van der Waals surface area contributed by atoms with Crippen LogP contribution in [0.4, 0.5) is 5.69 Å². The van der Waals surface area contributed by atoms with Crippen molar-refractivity contribution in [3.05, 3.63) is 51.5 Å². The Kier molecular flexibility index (Phi) is 4.55. The van der Waals surface area contributed by atoms with Crippen molar-refractivity contribution >= 4 is 39.1 Å². The number of fused-ring (bicyclic) bond motifs is 1. The fourth-order valence-corrected chi connectivity index (χ4v) is 2.79. The molecule has 0 radical (unpaired) electrons. The summed E-state index contributed by atoms with van der Waals surface area (Å²) < 4.78 is 11.8. The molecule has 4 nitrogen and oxygen atoms in total. The van der Waals surface area contributed by atoms with Gasteiger partial charge in [0.05, 0.1) is 12.1 Å². The van der Waals surface area contributed by atoms with Gasteiger partial charge in [0.2, 0.25) is 5.91 Å². The summed E-state index contributed by atoms with van der Waals surface area (Å²) in [6.45, 7) is 1.03. The molecule has 114 valence electrons. The van der Waals surface area contributed by atoms with Gasteiger partial charge in [-0.05, 0) is 27.6 Å². The third-order valence-corrected chi connectivity index (χ3v) is 4.24. The quantitative estimate of drug-likeness (QED) is 0.871. The first kappa shape index (κ1) is 15.2. The topological polar surface area (TPSA) is 47.6 Å². The maximum Gasteiger partial charge on any atom is 0.228 e. The van der Waals surface area contributed by atoms with Gasteiger partial charge in [0.15, 0.2) is 11.5 Å². The predicted molar refractivity (Wildman–Crippen MR) is 88.9 cm³/mol. The number of carbonyl (C=O) groups excluding carboxylic acids is 1. The predicted octanol–water partition coefficient (Wildman–Crippen LogP) is 4.05. The number of benzene rings is 2. The van der Waals surface area contributed by atoms with Gasteiger partial charge in [-0.15, -0.1) is 0 Å². The monoisotopic (exact) mass is 381 g/mol. The summed E-state index contributed by atoms with van der Waals surface area (Å²) in [4.78, 5) is 12.2. The molecular weight excluding hydrogens is 370 g/mol. The van der Waals surface area contributed by atoms with Crippen molar-refractivity contribution in [3.8, 4) is 11.5 Å². The SMILES string of the molecule is O=C(Cc1ccccc1Cl)Nc1cc2c(cc1Br)OCCO2. The van der Waals surface area contributed by atoms with Gasteiger partial charge in [-0.3, -0.25) is 4.79 Å². The molecule has 0 saturated heterocycles. The summed E-state index contributed by atoms with van der Waals surface area (Å²) in [6, 6.07) is 10.8. The fourth-order valence-electron chi connectivity index (χ4n) is 2.17. The normalized spacial score (nSPS) is 12.8. The van der Waals surface area contributed by atoms with Crippen LogP contribution in [0.25, 0.3) is 0 Å². The van der Waals surface area contributed by atoms with Gasteiger partial charge in [0, 0.05) is 21.6 Å². The number of rotatable bonds is 3. The van der Waals surface area contributed by atoms with Crippen LogP contribution in [0.15, 0.2) is 40.9 Å². The highest BCUT2D eigenvalue weighted by molar-refractivity contribution is 9.10. The average Bonchev–Trinajstić information content (AvgIpc) is 2.50. The zero-order valence-electron chi connectivity index (χ0n) is 11.6. The lowest BCUT2D eigenvalue weighted by molar-refractivity contribution is -0.115. The van der Waals surface area contributed by atoms with Gasteiger partial charge in [0.25, 0.3) is 0 Å². The van der Waals surface area contributed by atoms with Gasteiger partial charge < -0.3 is 14.8 Å². The summed E-state index contributed by atoms with van der Waals surface area (Å²) in [7, 11) is 0. The molecule has 3 rings (SSSR count). The van der Waals surface area contributed by atoms with E-state index in [1.54, 1.807) is 18.2 Å². The molecule has 1 aliphatic heterocycles. The third kappa shape index (κ3) is 3.36. The standard InChI is InChI=1S/C16H13BrClNO3/c17-11-8-14-15(22-6-5-21-14)9-13(11)19-16(20)7-10-3-1-2-4-12(10)18/h1-4,8-9H,5-7H2,(H,19,20). The second-order valence-electron chi connectivity index (χ2n) is 4.79. The Labute approximate surface area is 141 Å². The van der Waals surface area contributed by atoms with Crippen LogP contribution >= 0.6 is 27.5 Å². The molecule has 0 spiro atoms. The number of amides is 1. The lowest BCUT2D eigenvalue weighted by atomic mass is 10.1. The summed E-state index contributed by atoms with van der Waals surface area (Å²) in [5, 5.41) is 3.44. The smallest absolute Gasteiger partial charge is 0.228 e. The van der Waals surface area contributed by atoms with Crippen LogP contribution in [0.2, 0.25) is 5.02 Å². The molecular formula is C16H13BrClNO3. The number of hydrogen-bond acceptors (Lipinski definition) is 3. The van der Waals surface area contributed by atoms with Crippen LogP contribution in [0.1, 0.15) is 5.56 Å². The first-order chi connectivity index (χ1) is 10.6. The molecule has 2 aromatic rings. The van der Waals surface area contributed by atoms with Gasteiger partial charge in [-0.2, -0.15) is 0 Å². The molecule has 0 aromatic heterocycles. The van der Waals surface area contributed by atoms with Crippen molar-refractivity contribution in [1.82, 2.24) is 0 Å². The van der Waals surface area contributed by atoms with E-state index >= 15 is 0 Å². The molecule has 22 heavy (non-hydrogen) atoms. The average molecular weight is 383 g/mol. The van der Waals surface area contributed by atoms with Gasteiger partial charge in [-0.1, -0.05) is 29.8 Å². The second-order valence-corrected chi connectivity index (χ2v) is 6.05. The molecule has 0 fully saturated rings. The van der Waals surface area contributed by atoms with Gasteiger partial charge in [-0.25, -0.2) is 0 Å². The van der Waals surface area contributed by atoms with Crippen LogP contribution in [-0.2, 0) is 11.2 Å². The minimum Gasteiger partial charge on any atom is -0.486 e. The minimum absolute atomic E-state index is 0.148. The van der Waals surface area contributed by atoms with Crippen molar-refractivity contribution < 1.29 is 14.3 Å². The van der Waals surface area contributed by atoms with Crippen molar-refractivity contribution in [2.45, 2.75) is 6.42 Å². The van der Waals surface area contributed by atoms with E-state index in [4.69, 9.17) is 21.1 Å². The largest absolute Gasteiger partial charge is 0.486 e. The van der Waals surface area contributed by atoms with E-state index < -0.39 is 0 Å².